The molecule has 0 aliphatic heterocycles. The quantitative estimate of drug-likeness (QED) is 0.815. The molecule has 0 radical (unpaired) electrons. The van der Waals surface area contributed by atoms with Crippen LogP contribution in [0.4, 0.5) is 5.69 Å². The zero-order valence-electron chi connectivity index (χ0n) is 12.5. The summed E-state index contributed by atoms with van der Waals surface area (Å²) in [4.78, 5) is 0. The van der Waals surface area contributed by atoms with Crippen molar-refractivity contribution in [3.05, 3.63) is 51.5 Å². The van der Waals surface area contributed by atoms with Gasteiger partial charge in [-0.3, -0.25) is 0 Å². The summed E-state index contributed by atoms with van der Waals surface area (Å²) in [6.07, 6.45) is 0. The molecule has 0 heterocycles. The fraction of sp³-hybridized carbons (Fsp3) is 0.294. The van der Waals surface area contributed by atoms with Crippen LogP contribution >= 0.6 is 15.9 Å². The standard InChI is InChI=1S/C17H20BrNO2/c1-4-21-16-9-13(5-6-15(16)20)10-19-17-12(3)7-11(2)8-14(17)18/h5-9,19-20H,4,10H2,1-3H3. The molecule has 0 unspecified atom stereocenters. The number of benzene rings is 2. The van der Waals surface area contributed by atoms with Crippen molar-refractivity contribution in [1.82, 2.24) is 0 Å². The first kappa shape index (κ1) is 15.7. The van der Waals surface area contributed by atoms with Crippen molar-refractivity contribution < 1.29 is 9.84 Å². The summed E-state index contributed by atoms with van der Waals surface area (Å²) in [6, 6.07) is 9.66. The van der Waals surface area contributed by atoms with Crippen LogP contribution in [0.3, 0.4) is 0 Å². The second-order valence-corrected chi connectivity index (χ2v) is 5.88. The van der Waals surface area contributed by atoms with Crippen LogP contribution in [0.1, 0.15) is 23.6 Å². The van der Waals surface area contributed by atoms with Gasteiger partial charge in [0.25, 0.3) is 0 Å². The van der Waals surface area contributed by atoms with Gasteiger partial charge in [0.2, 0.25) is 0 Å². The first-order chi connectivity index (χ1) is 10.0. The van der Waals surface area contributed by atoms with Crippen molar-refractivity contribution >= 4 is 21.6 Å². The van der Waals surface area contributed by atoms with Gasteiger partial charge < -0.3 is 15.2 Å². The Morgan fingerprint density at radius 1 is 1.19 bits per heavy atom. The summed E-state index contributed by atoms with van der Waals surface area (Å²) in [5.74, 6) is 0.699. The Labute approximate surface area is 134 Å². The third-order valence-corrected chi connectivity index (χ3v) is 3.85. The predicted molar refractivity (Wildman–Crippen MR) is 90.2 cm³/mol. The fourth-order valence-corrected chi connectivity index (χ4v) is 3.08. The zero-order chi connectivity index (χ0) is 15.4. The monoisotopic (exact) mass is 349 g/mol. The van der Waals surface area contributed by atoms with Gasteiger partial charge in [0.15, 0.2) is 11.5 Å². The van der Waals surface area contributed by atoms with Gasteiger partial charge in [-0.25, -0.2) is 0 Å². The van der Waals surface area contributed by atoms with Crippen molar-refractivity contribution in [3.8, 4) is 11.5 Å². The highest BCUT2D eigenvalue weighted by Gasteiger charge is 2.07. The van der Waals surface area contributed by atoms with Crippen molar-refractivity contribution in [1.29, 1.82) is 0 Å². The van der Waals surface area contributed by atoms with E-state index in [9.17, 15) is 5.11 Å². The summed E-state index contributed by atoms with van der Waals surface area (Å²) < 4.78 is 6.46. The highest BCUT2D eigenvalue weighted by molar-refractivity contribution is 9.10. The van der Waals surface area contributed by atoms with Gasteiger partial charge in [0, 0.05) is 11.0 Å². The third-order valence-electron chi connectivity index (χ3n) is 3.23. The van der Waals surface area contributed by atoms with Crippen molar-refractivity contribution in [3.63, 3.8) is 0 Å². The Morgan fingerprint density at radius 3 is 2.62 bits per heavy atom. The number of ether oxygens (including phenoxy) is 1. The molecule has 2 N–H and O–H groups in total. The molecule has 0 aromatic heterocycles. The Morgan fingerprint density at radius 2 is 1.95 bits per heavy atom. The second-order valence-electron chi connectivity index (χ2n) is 5.03. The van der Waals surface area contributed by atoms with Crippen molar-refractivity contribution in [2.75, 3.05) is 11.9 Å². The van der Waals surface area contributed by atoms with Gasteiger partial charge >= 0.3 is 0 Å². The fourth-order valence-electron chi connectivity index (χ4n) is 2.27. The van der Waals surface area contributed by atoms with E-state index in [2.05, 4.69) is 47.2 Å². The average Bonchev–Trinajstić information content (AvgIpc) is 2.41. The molecule has 2 aromatic rings. The summed E-state index contributed by atoms with van der Waals surface area (Å²) in [7, 11) is 0. The largest absolute Gasteiger partial charge is 0.504 e. The highest BCUT2D eigenvalue weighted by Crippen LogP contribution is 2.30. The van der Waals surface area contributed by atoms with Gasteiger partial charge in [-0.15, -0.1) is 0 Å². The number of phenols is 1. The van der Waals surface area contributed by atoms with E-state index in [4.69, 9.17) is 4.74 Å². The van der Waals surface area contributed by atoms with E-state index < -0.39 is 0 Å². The smallest absolute Gasteiger partial charge is 0.161 e. The average molecular weight is 350 g/mol. The number of halogens is 1. The van der Waals surface area contributed by atoms with Gasteiger partial charge in [-0.1, -0.05) is 12.1 Å². The van der Waals surface area contributed by atoms with Crippen LogP contribution < -0.4 is 10.1 Å². The molecule has 0 fully saturated rings. The van der Waals surface area contributed by atoms with Gasteiger partial charge in [0.1, 0.15) is 0 Å². The lowest BCUT2D eigenvalue weighted by molar-refractivity contribution is 0.318. The van der Waals surface area contributed by atoms with Gasteiger partial charge in [-0.2, -0.15) is 0 Å². The van der Waals surface area contributed by atoms with Gasteiger partial charge in [0.05, 0.1) is 12.3 Å². The maximum atomic E-state index is 9.72. The van der Waals surface area contributed by atoms with E-state index in [1.54, 1.807) is 6.07 Å². The first-order valence-electron chi connectivity index (χ1n) is 6.96. The molecule has 0 saturated heterocycles. The van der Waals surface area contributed by atoms with E-state index in [-0.39, 0.29) is 5.75 Å². The molecule has 112 valence electrons. The van der Waals surface area contributed by atoms with Crippen LogP contribution in [0.25, 0.3) is 0 Å². The molecule has 21 heavy (non-hydrogen) atoms. The van der Waals surface area contributed by atoms with Crippen molar-refractivity contribution in [2.45, 2.75) is 27.3 Å². The lowest BCUT2D eigenvalue weighted by atomic mass is 10.1. The number of aromatic hydroxyl groups is 1. The molecule has 0 bridgehead atoms. The minimum absolute atomic E-state index is 0.174. The Hall–Kier alpha value is -1.68. The number of aryl methyl sites for hydroxylation is 2. The lowest BCUT2D eigenvalue weighted by Crippen LogP contribution is -2.03. The molecule has 0 amide bonds. The molecule has 0 atom stereocenters. The summed E-state index contributed by atoms with van der Waals surface area (Å²) in [6.45, 7) is 7.27. The molecule has 0 spiro atoms. The van der Waals surface area contributed by atoms with E-state index in [1.165, 1.54) is 11.1 Å². The normalized spacial score (nSPS) is 10.5. The highest BCUT2D eigenvalue weighted by atomic mass is 79.9. The summed E-state index contributed by atoms with van der Waals surface area (Å²) >= 11 is 3.60. The molecule has 2 aromatic carbocycles. The number of hydrogen-bond donors (Lipinski definition) is 2. The summed E-state index contributed by atoms with van der Waals surface area (Å²) in [5, 5.41) is 13.1. The maximum Gasteiger partial charge on any atom is 0.161 e. The molecular weight excluding hydrogens is 330 g/mol. The number of hydrogen-bond acceptors (Lipinski definition) is 3. The van der Waals surface area contributed by atoms with Crippen LogP contribution in [0.2, 0.25) is 0 Å². The summed E-state index contributed by atoms with van der Waals surface area (Å²) in [5.41, 5.74) is 4.58. The molecule has 4 heteroatoms. The van der Waals surface area contributed by atoms with E-state index in [0.717, 1.165) is 15.7 Å². The molecule has 0 aliphatic rings. The Bertz CT molecular complexity index is 618. The van der Waals surface area contributed by atoms with Crippen LogP contribution in [-0.4, -0.2) is 11.7 Å². The number of nitrogens with one attached hydrogen (secondary N) is 1. The van der Waals surface area contributed by atoms with Crippen molar-refractivity contribution in [2.24, 2.45) is 0 Å². The Balaban J connectivity index is 2.15. The number of anilines is 1. The van der Waals surface area contributed by atoms with E-state index in [1.807, 2.05) is 19.1 Å². The molecule has 2 rings (SSSR count). The molecular formula is C17H20BrNO2. The number of phenolic OH excluding ortho intramolecular Hbond substituents is 1. The second kappa shape index (κ2) is 6.85. The van der Waals surface area contributed by atoms with Crippen LogP contribution in [0.5, 0.6) is 11.5 Å². The topological polar surface area (TPSA) is 41.5 Å². The molecule has 0 saturated carbocycles. The predicted octanol–water partition coefficient (Wildman–Crippen LogP) is 4.78. The SMILES string of the molecule is CCOc1cc(CNc2c(C)cc(C)cc2Br)ccc1O. The minimum Gasteiger partial charge on any atom is -0.504 e. The zero-order valence-corrected chi connectivity index (χ0v) is 14.1. The van der Waals surface area contributed by atoms with Gasteiger partial charge in [-0.05, 0) is 71.6 Å². The number of rotatable bonds is 5. The Kier molecular flexibility index (Phi) is 5.12. The maximum absolute atomic E-state index is 9.72. The lowest BCUT2D eigenvalue weighted by Gasteiger charge is -2.14. The third kappa shape index (κ3) is 3.91. The van der Waals surface area contributed by atoms with E-state index in [0.29, 0.717) is 18.9 Å². The first-order valence-corrected chi connectivity index (χ1v) is 7.76. The molecule has 0 aliphatic carbocycles. The molecule has 3 nitrogen and oxygen atoms in total. The minimum atomic E-state index is 0.174. The van der Waals surface area contributed by atoms with E-state index >= 15 is 0 Å². The van der Waals surface area contributed by atoms with Crippen LogP contribution in [0.15, 0.2) is 34.8 Å². The van der Waals surface area contributed by atoms with Crippen LogP contribution in [-0.2, 0) is 6.54 Å². The van der Waals surface area contributed by atoms with Crippen LogP contribution in [0, 0.1) is 13.8 Å².